The van der Waals surface area contributed by atoms with Crippen molar-refractivity contribution in [3.05, 3.63) is 89.2 Å². The standard InChI is InChI=1S/C23H20N4O3/c1-30-18-11-7-10-17(14-18)25-21(28)15-24-27-22(16-8-3-2-4-9-16)26-20-13-6-5-12-19(20)23(27)29/h2-14,24H,15H2,1H3,(H,25,28). The summed E-state index contributed by atoms with van der Waals surface area (Å²) in [4.78, 5) is 30.2. The number of fused-ring (bicyclic) bond motifs is 1. The van der Waals surface area contributed by atoms with Crippen molar-refractivity contribution in [1.29, 1.82) is 0 Å². The number of benzene rings is 3. The molecule has 0 fully saturated rings. The molecule has 30 heavy (non-hydrogen) atoms. The minimum atomic E-state index is -0.303. The molecule has 0 bridgehead atoms. The van der Waals surface area contributed by atoms with E-state index in [-0.39, 0.29) is 18.0 Å². The van der Waals surface area contributed by atoms with Crippen LogP contribution in [0.4, 0.5) is 5.69 Å². The molecule has 4 rings (SSSR count). The summed E-state index contributed by atoms with van der Waals surface area (Å²) in [5, 5.41) is 3.26. The van der Waals surface area contributed by atoms with Crippen LogP contribution >= 0.6 is 0 Å². The third kappa shape index (κ3) is 4.00. The smallest absolute Gasteiger partial charge is 0.280 e. The van der Waals surface area contributed by atoms with Crippen LogP contribution in [0.2, 0.25) is 0 Å². The number of carbonyl (C=O) groups excluding carboxylic acids is 1. The molecule has 7 heteroatoms. The van der Waals surface area contributed by atoms with Crippen LogP contribution in [0.5, 0.6) is 5.75 Å². The third-order valence-corrected chi connectivity index (χ3v) is 4.56. The van der Waals surface area contributed by atoms with Crippen LogP contribution in [0.15, 0.2) is 83.7 Å². The number of aromatic nitrogens is 2. The highest BCUT2D eigenvalue weighted by atomic mass is 16.5. The Hall–Kier alpha value is -4.13. The van der Waals surface area contributed by atoms with E-state index in [1.165, 1.54) is 4.68 Å². The Bertz CT molecular complexity index is 1250. The number of para-hydroxylation sites is 1. The maximum atomic E-state index is 13.1. The van der Waals surface area contributed by atoms with Crippen molar-refractivity contribution in [3.8, 4) is 17.1 Å². The molecule has 1 aromatic heterocycles. The average molecular weight is 400 g/mol. The fraction of sp³-hybridized carbons (Fsp3) is 0.0870. The zero-order valence-corrected chi connectivity index (χ0v) is 16.3. The molecule has 0 aliphatic heterocycles. The molecule has 0 atom stereocenters. The number of nitrogens with zero attached hydrogens (tertiary/aromatic N) is 2. The lowest BCUT2D eigenvalue weighted by atomic mass is 10.2. The molecule has 0 saturated carbocycles. The third-order valence-electron chi connectivity index (χ3n) is 4.56. The number of hydrogen-bond acceptors (Lipinski definition) is 5. The normalized spacial score (nSPS) is 10.6. The second-order valence-corrected chi connectivity index (χ2v) is 6.57. The summed E-state index contributed by atoms with van der Waals surface area (Å²) in [6, 6.07) is 23.6. The molecule has 0 unspecified atom stereocenters. The second-order valence-electron chi connectivity index (χ2n) is 6.57. The van der Waals surface area contributed by atoms with Crippen LogP contribution < -0.4 is 21.0 Å². The molecule has 4 aromatic rings. The number of ether oxygens (including phenoxy) is 1. The van der Waals surface area contributed by atoms with Crippen molar-refractivity contribution in [2.45, 2.75) is 0 Å². The van der Waals surface area contributed by atoms with E-state index in [1.54, 1.807) is 49.6 Å². The first-order valence-electron chi connectivity index (χ1n) is 9.41. The number of amides is 1. The molecule has 1 heterocycles. The lowest BCUT2D eigenvalue weighted by Crippen LogP contribution is -2.36. The largest absolute Gasteiger partial charge is 0.497 e. The second kappa shape index (κ2) is 8.48. The van der Waals surface area contributed by atoms with Gasteiger partial charge in [-0.25, -0.2) is 9.66 Å². The van der Waals surface area contributed by atoms with E-state index in [0.29, 0.717) is 28.2 Å². The van der Waals surface area contributed by atoms with Crippen molar-refractivity contribution in [2.24, 2.45) is 0 Å². The van der Waals surface area contributed by atoms with Gasteiger partial charge in [-0.15, -0.1) is 0 Å². The highest BCUT2D eigenvalue weighted by Gasteiger charge is 2.13. The first-order valence-corrected chi connectivity index (χ1v) is 9.41. The van der Waals surface area contributed by atoms with E-state index in [9.17, 15) is 9.59 Å². The van der Waals surface area contributed by atoms with Gasteiger partial charge in [0, 0.05) is 17.3 Å². The zero-order valence-electron chi connectivity index (χ0n) is 16.3. The van der Waals surface area contributed by atoms with E-state index in [0.717, 1.165) is 5.56 Å². The van der Waals surface area contributed by atoms with Crippen molar-refractivity contribution in [2.75, 3.05) is 24.4 Å². The van der Waals surface area contributed by atoms with E-state index in [1.807, 2.05) is 36.4 Å². The highest BCUT2D eigenvalue weighted by molar-refractivity contribution is 5.93. The Balaban J connectivity index is 1.63. The van der Waals surface area contributed by atoms with Crippen LogP contribution in [0.3, 0.4) is 0 Å². The van der Waals surface area contributed by atoms with Gasteiger partial charge < -0.3 is 15.5 Å². The van der Waals surface area contributed by atoms with Crippen molar-refractivity contribution in [1.82, 2.24) is 9.66 Å². The summed E-state index contributed by atoms with van der Waals surface area (Å²) in [5.74, 6) is 0.776. The lowest BCUT2D eigenvalue weighted by Gasteiger charge is -2.15. The minimum Gasteiger partial charge on any atom is -0.497 e. The van der Waals surface area contributed by atoms with E-state index >= 15 is 0 Å². The highest BCUT2D eigenvalue weighted by Crippen LogP contribution is 2.18. The van der Waals surface area contributed by atoms with Crippen LogP contribution in [0.1, 0.15) is 0 Å². The quantitative estimate of drug-likeness (QED) is 0.519. The average Bonchev–Trinajstić information content (AvgIpc) is 2.79. The molecule has 0 saturated heterocycles. The van der Waals surface area contributed by atoms with Crippen molar-refractivity contribution >= 4 is 22.5 Å². The molecule has 7 nitrogen and oxygen atoms in total. The molecule has 3 aromatic carbocycles. The maximum absolute atomic E-state index is 13.1. The van der Waals surface area contributed by atoms with Crippen LogP contribution in [0, 0.1) is 0 Å². The van der Waals surface area contributed by atoms with Gasteiger partial charge in [0.05, 0.1) is 18.0 Å². The number of anilines is 1. The Morgan fingerprint density at radius 1 is 1.00 bits per heavy atom. The van der Waals surface area contributed by atoms with Gasteiger partial charge in [-0.05, 0) is 24.3 Å². The monoisotopic (exact) mass is 400 g/mol. The van der Waals surface area contributed by atoms with E-state index in [2.05, 4.69) is 15.7 Å². The predicted molar refractivity (Wildman–Crippen MR) is 117 cm³/mol. The van der Waals surface area contributed by atoms with Gasteiger partial charge in [0.1, 0.15) is 12.3 Å². The van der Waals surface area contributed by atoms with Crippen LogP contribution in [-0.4, -0.2) is 29.2 Å². The Morgan fingerprint density at radius 2 is 1.77 bits per heavy atom. The molecule has 0 spiro atoms. The zero-order chi connectivity index (χ0) is 20.9. The Labute approximate surface area is 172 Å². The lowest BCUT2D eigenvalue weighted by molar-refractivity contribution is -0.114. The fourth-order valence-electron chi connectivity index (χ4n) is 3.12. The topological polar surface area (TPSA) is 85.2 Å². The van der Waals surface area contributed by atoms with Gasteiger partial charge in [-0.1, -0.05) is 48.5 Å². The van der Waals surface area contributed by atoms with E-state index < -0.39 is 0 Å². The van der Waals surface area contributed by atoms with Crippen LogP contribution in [-0.2, 0) is 4.79 Å². The first-order chi connectivity index (χ1) is 14.7. The van der Waals surface area contributed by atoms with Crippen LogP contribution in [0.25, 0.3) is 22.3 Å². The maximum Gasteiger partial charge on any atom is 0.280 e. The molecule has 150 valence electrons. The molecule has 0 aliphatic carbocycles. The predicted octanol–water partition coefficient (Wildman–Crippen LogP) is 3.25. The van der Waals surface area contributed by atoms with Gasteiger partial charge in [0.2, 0.25) is 5.91 Å². The summed E-state index contributed by atoms with van der Waals surface area (Å²) >= 11 is 0. The summed E-state index contributed by atoms with van der Waals surface area (Å²) in [6.45, 7) is -0.114. The molecule has 2 N–H and O–H groups in total. The van der Waals surface area contributed by atoms with Gasteiger partial charge in [-0.3, -0.25) is 9.59 Å². The Kier molecular flexibility index (Phi) is 5.43. The fourth-order valence-corrected chi connectivity index (χ4v) is 3.12. The molecular weight excluding hydrogens is 380 g/mol. The van der Waals surface area contributed by atoms with Gasteiger partial charge in [-0.2, -0.15) is 0 Å². The first kappa shape index (κ1) is 19.2. The summed E-state index contributed by atoms with van der Waals surface area (Å²) in [7, 11) is 1.56. The number of carbonyl (C=O) groups is 1. The van der Waals surface area contributed by atoms with Gasteiger partial charge in [0.15, 0.2) is 5.82 Å². The number of rotatable bonds is 6. The van der Waals surface area contributed by atoms with E-state index in [4.69, 9.17) is 4.74 Å². The number of hydrogen-bond donors (Lipinski definition) is 2. The number of methoxy groups -OCH3 is 1. The molecule has 1 amide bonds. The minimum absolute atomic E-state index is 0.114. The van der Waals surface area contributed by atoms with Gasteiger partial charge in [0.25, 0.3) is 5.56 Å². The Morgan fingerprint density at radius 3 is 2.57 bits per heavy atom. The molecule has 0 radical (unpaired) electrons. The summed E-state index contributed by atoms with van der Waals surface area (Å²) in [6.07, 6.45) is 0. The van der Waals surface area contributed by atoms with Crippen molar-refractivity contribution in [3.63, 3.8) is 0 Å². The number of nitrogens with one attached hydrogen (secondary N) is 2. The van der Waals surface area contributed by atoms with Crippen molar-refractivity contribution < 1.29 is 9.53 Å². The van der Waals surface area contributed by atoms with Gasteiger partial charge >= 0.3 is 0 Å². The summed E-state index contributed by atoms with van der Waals surface area (Å²) < 4.78 is 6.49. The molecular formula is C23H20N4O3. The SMILES string of the molecule is COc1cccc(NC(=O)CNn2c(-c3ccccc3)nc3ccccc3c2=O)c1. The molecule has 0 aliphatic rings. The summed E-state index contributed by atoms with van der Waals surface area (Å²) in [5.41, 5.74) is 4.62.